The molecule has 0 unspecified atom stereocenters. The Hall–Kier alpha value is -2.82. The number of carbonyl (C=O) groups is 1. The fraction of sp³-hybridized carbons (Fsp3) is 0.364. The maximum absolute atomic E-state index is 12.9. The summed E-state index contributed by atoms with van der Waals surface area (Å²) in [7, 11) is 0. The number of fused-ring (bicyclic) bond motifs is 1. The van der Waals surface area contributed by atoms with Gasteiger partial charge >= 0.3 is 0 Å². The van der Waals surface area contributed by atoms with Crippen molar-refractivity contribution in [3.8, 4) is 11.5 Å². The average molecular weight is 362 g/mol. The minimum absolute atomic E-state index is 0.104. The van der Waals surface area contributed by atoms with Gasteiger partial charge in [0.25, 0.3) is 0 Å². The smallest absolute Gasteiger partial charge is 0.226 e. The zero-order valence-corrected chi connectivity index (χ0v) is 16.2. The van der Waals surface area contributed by atoms with Crippen LogP contribution in [-0.4, -0.2) is 25.2 Å². The minimum atomic E-state index is 0.104. The molecular weight excluding hydrogens is 336 g/mol. The van der Waals surface area contributed by atoms with Crippen molar-refractivity contribution in [1.29, 1.82) is 0 Å². The number of hydrogen-bond donors (Lipinski definition) is 0. The van der Waals surface area contributed by atoms with Crippen molar-refractivity contribution < 1.29 is 4.79 Å². The molecule has 140 valence electrons. The van der Waals surface area contributed by atoms with Crippen LogP contribution in [0.2, 0.25) is 0 Å². The van der Waals surface area contributed by atoms with E-state index in [0.29, 0.717) is 13.1 Å². The summed E-state index contributed by atoms with van der Waals surface area (Å²) in [6, 6.07) is 12.3. The van der Waals surface area contributed by atoms with Crippen LogP contribution in [0, 0.1) is 12.8 Å². The zero-order valence-electron chi connectivity index (χ0n) is 16.2. The molecule has 0 radical (unpaired) electrons. The number of para-hydroxylation sites is 1. The molecule has 3 aromatic rings. The SMILES string of the molecule is CCC(CC)C(=O)N1Cc2nn(-c3ccccc3C)c(-n3cccc3)c2C1. The Kier molecular flexibility index (Phi) is 4.60. The third kappa shape index (κ3) is 2.97. The number of carbonyl (C=O) groups excluding carboxylic acids is 1. The van der Waals surface area contributed by atoms with Crippen molar-refractivity contribution in [2.24, 2.45) is 5.92 Å². The molecule has 1 aromatic carbocycles. The molecule has 27 heavy (non-hydrogen) atoms. The first-order valence-corrected chi connectivity index (χ1v) is 9.72. The van der Waals surface area contributed by atoms with Gasteiger partial charge in [-0.2, -0.15) is 5.10 Å². The lowest BCUT2D eigenvalue weighted by Crippen LogP contribution is -2.32. The highest BCUT2D eigenvalue weighted by atomic mass is 16.2. The number of aromatic nitrogens is 3. The van der Waals surface area contributed by atoms with E-state index in [4.69, 9.17) is 5.10 Å². The lowest BCUT2D eigenvalue weighted by atomic mass is 10.0. The van der Waals surface area contributed by atoms with Crippen LogP contribution >= 0.6 is 0 Å². The van der Waals surface area contributed by atoms with Crippen LogP contribution in [0.4, 0.5) is 0 Å². The molecule has 1 aliphatic heterocycles. The Morgan fingerprint density at radius 1 is 1.07 bits per heavy atom. The van der Waals surface area contributed by atoms with E-state index in [-0.39, 0.29) is 11.8 Å². The molecule has 4 rings (SSSR count). The predicted molar refractivity (Wildman–Crippen MR) is 106 cm³/mol. The molecule has 0 saturated heterocycles. The van der Waals surface area contributed by atoms with E-state index in [1.807, 2.05) is 46.2 Å². The Balaban J connectivity index is 1.77. The van der Waals surface area contributed by atoms with Crippen molar-refractivity contribution in [2.45, 2.75) is 46.7 Å². The Bertz CT molecular complexity index is 951. The summed E-state index contributed by atoms with van der Waals surface area (Å²) in [5, 5.41) is 4.92. The van der Waals surface area contributed by atoms with Gasteiger partial charge in [0.1, 0.15) is 5.82 Å². The molecule has 0 aliphatic carbocycles. The molecule has 5 heteroatoms. The standard InChI is InChI=1S/C22H26N4O/c1-4-17(5-2)22(27)25-14-18-19(15-25)23-26(20-11-7-6-10-16(20)3)21(18)24-12-8-9-13-24/h6-13,17H,4-5,14-15H2,1-3H3. The van der Waals surface area contributed by atoms with Crippen LogP contribution in [0.5, 0.6) is 0 Å². The van der Waals surface area contributed by atoms with Crippen molar-refractivity contribution in [3.05, 3.63) is 65.6 Å². The number of amides is 1. The maximum atomic E-state index is 12.9. The van der Waals surface area contributed by atoms with Gasteiger partial charge in [0, 0.05) is 23.9 Å². The molecule has 0 fully saturated rings. The molecule has 0 bridgehead atoms. The van der Waals surface area contributed by atoms with Crippen molar-refractivity contribution in [2.75, 3.05) is 0 Å². The van der Waals surface area contributed by atoms with E-state index in [1.165, 1.54) is 5.56 Å². The summed E-state index contributed by atoms with van der Waals surface area (Å²) in [5.74, 6) is 1.38. The van der Waals surface area contributed by atoms with Crippen LogP contribution in [0.15, 0.2) is 48.8 Å². The number of hydrogen-bond acceptors (Lipinski definition) is 2. The van der Waals surface area contributed by atoms with Gasteiger partial charge < -0.3 is 9.47 Å². The molecule has 2 aromatic heterocycles. The third-order valence-electron chi connectivity index (χ3n) is 5.57. The second-order valence-electron chi connectivity index (χ2n) is 7.25. The Labute approximate surface area is 160 Å². The van der Waals surface area contributed by atoms with E-state index in [0.717, 1.165) is 35.6 Å². The summed E-state index contributed by atoms with van der Waals surface area (Å²) in [4.78, 5) is 14.8. The molecule has 1 aliphatic rings. The van der Waals surface area contributed by atoms with Gasteiger partial charge in [-0.05, 0) is 43.5 Å². The average Bonchev–Trinajstić information content (AvgIpc) is 3.38. The molecule has 0 atom stereocenters. The summed E-state index contributed by atoms with van der Waals surface area (Å²) in [6.45, 7) is 7.50. The highest BCUT2D eigenvalue weighted by Crippen LogP contribution is 2.32. The van der Waals surface area contributed by atoms with Gasteiger partial charge in [-0.1, -0.05) is 32.0 Å². The maximum Gasteiger partial charge on any atom is 0.226 e. The predicted octanol–water partition coefficient (Wildman–Crippen LogP) is 4.25. The summed E-state index contributed by atoms with van der Waals surface area (Å²) < 4.78 is 4.13. The van der Waals surface area contributed by atoms with E-state index < -0.39 is 0 Å². The monoisotopic (exact) mass is 362 g/mol. The van der Waals surface area contributed by atoms with E-state index >= 15 is 0 Å². The number of rotatable bonds is 5. The highest BCUT2D eigenvalue weighted by molar-refractivity contribution is 5.79. The number of aryl methyl sites for hydroxylation is 1. The van der Waals surface area contributed by atoms with Crippen molar-refractivity contribution >= 4 is 5.91 Å². The highest BCUT2D eigenvalue weighted by Gasteiger charge is 2.33. The summed E-state index contributed by atoms with van der Waals surface area (Å²) in [6.07, 6.45) is 5.85. The minimum Gasteiger partial charge on any atom is -0.332 e. The van der Waals surface area contributed by atoms with Gasteiger partial charge in [-0.3, -0.25) is 4.79 Å². The van der Waals surface area contributed by atoms with E-state index in [9.17, 15) is 4.79 Å². The topological polar surface area (TPSA) is 43.1 Å². The molecule has 0 saturated carbocycles. The lowest BCUT2D eigenvalue weighted by Gasteiger charge is -2.22. The molecule has 0 N–H and O–H groups in total. The first-order valence-electron chi connectivity index (χ1n) is 9.72. The van der Waals surface area contributed by atoms with E-state index in [2.05, 4.69) is 37.5 Å². The van der Waals surface area contributed by atoms with Crippen LogP contribution < -0.4 is 0 Å². The number of nitrogens with zero attached hydrogens (tertiary/aromatic N) is 4. The van der Waals surface area contributed by atoms with Crippen LogP contribution in [0.3, 0.4) is 0 Å². The van der Waals surface area contributed by atoms with Crippen LogP contribution in [0.1, 0.15) is 43.5 Å². The van der Waals surface area contributed by atoms with E-state index in [1.54, 1.807) is 0 Å². The summed E-state index contributed by atoms with van der Waals surface area (Å²) in [5.41, 5.74) is 4.40. The summed E-state index contributed by atoms with van der Waals surface area (Å²) >= 11 is 0. The second kappa shape index (κ2) is 7.06. The number of benzene rings is 1. The van der Waals surface area contributed by atoms with Crippen molar-refractivity contribution in [3.63, 3.8) is 0 Å². The molecule has 3 heterocycles. The Morgan fingerprint density at radius 2 is 1.78 bits per heavy atom. The van der Waals surface area contributed by atoms with Gasteiger partial charge in [0.2, 0.25) is 5.91 Å². The normalized spacial score (nSPS) is 13.4. The quantitative estimate of drug-likeness (QED) is 0.681. The van der Waals surface area contributed by atoms with Crippen LogP contribution in [0.25, 0.3) is 11.5 Å². The lowest BCUT2D eigenvalue weighted by molar-refractivity contribution is -0.136. The second-order valence-corrected chi connectivity index (χ2v) is 7.25. The van der Waals surface area contributed by atoms with Gasteiger partial charge in [-0.25, -0.2) is 4.68 Å². The zero-order chi connectivity index (χ0) is 19.0. The molecule has 5 nitrogen and oxygen atoms in total. The van der Waals surface area contributed by atoms with Crippen LogP contribution in [-0.2, 0) is 17.9 Å². The fourth-order valence-electron chi connectivity index (χ4n) is 3.96. The first-order chi connectivity index (χ1) is 13.1. The molecule has 1 amide bonds. The molecule has 0 spiro atoms. The van der Waals surface area contributed by atoms with Gasteiger partial charge in [0.05, 0.1) is 24.5 Å². The first kappa shape index (κ1) is 17.6. The fourth-order valence-corrected chi connectivity index (χ4v) is 3.96. The van der Waals surface area contributed by atoms with Crippen molar-refractivity contribution in [1.82, 2.24) is 19.2 Å². The largest absolute Gasteiger partial charge is 0.332 e. The Morgan fingerprint density at radius 3 is 2.44 bits per heavy atom. The third-order valence-corrected chi connectivity index (χ3v) is 5.57. The van der Waals surface area contributed by atoms with Gasteiger partial charge in [-0.15, -0.1) is 0 Å². The van der Waals surface area contributed by atoms with Gasteiger partial charge in [0.15, 0.2) is 0 Å². The molecular formula is C22H26N4O.